The van der Waals surface area contributed by atoms with Crippen LogP contribution in [-0.4, -0.2) is 15.3 Å². The van der Waals surface area contributed by atoms with E-state index in [-0.39, 0.29) is 12.3 Å². The SMILES string of the molecule is Cc1cn2c(n1)sc1cc(CC(N)=O)ccc12. The summed E-state index contributed by atoms with van der Waals surface area (Å²) in [6.45, 7) is 1.98. The molecule has 3 aromatic rings. The van der Waals surface area contributed by atoms with Crippen LogP contribution in [0.2, 0.25) is 0 Å². The van der Waals surface area contributed by atoms with Crippen LogP contribution in [0.15, 0.2) is 24.4 Å². The van der Waals surface area contributed by atoms with Gasteiger partial charge in [-0.3, -0.25) is 9.20 Å². The summed E-state index contributed by atoms with van der Waals surface area (Å²) in [5.41, 5.74) is 8.28. The lowest BCUT2D eigenvalue weighted by Gasteiger charge is -1.97. The van der Waals surface area contributed by atoms with Crippen molar-refractivity contribution in [3.63, 3.8) is 0 Å². The van der Waals surface area contributed by atoms with Gasteiger partial charge in [0.2, 0.25) is 5.91 Å². The van der Waals surface area contributed by atoms with Crippen molar-refractivity contribution in [1.82, 2.24) is 9.38 Å². The van der Waals surface area contributed by atoms with E-state index in [1.807, 2.05) is 31.3 Å². The van der Waals surface area contributed by atoms with Gasteiger partial charge in [0.15, 0.2) is 4.96 Å². The van der Waals surface area contributed by atoms with Gasteiger partial charge in [-0.25, -0.2) is 4.98 Å². The van der Waals surface area contributed by atoms with E-state index in [0.717, 1.165) is 26.4 Å². The fourth-order valence-corrected chi connectivity index (χ4v) is 3.09. The number of carbonyl (C=O) groups excluding carboxylic acids is 1. The number of hydrogen-bond donors (Lipinski definition) is 1. The van der Waals surface area contributed by atoms with Crippen molar-refractivity contribution in [2.45, 2.75) is 13.3 Å². The van der Waals surface area contributed by atoms with Crippen LogP contribution in [0.5, 0.6) is 0 Å². The van der Waals surface area contributed by atoms with Crippen LogP contribution in [0.4, 0.5) is 0 Å². The third-order valence-corrected chi connectivity index (χ3v) is 3.67. The maximum Gasteiger partial charge on any atom is 0.221 e. The lowest BCUT2D eigenvalue weighted by molar-refractivity contribution is -0.117. The molecule has 2 N–H and O–H groups in total. The first kappa shape index (κ1) is 10.3. The van der Waals surface area contributed by atoms with E-state index >= 15 is 0 Å². The smallest absolute Gasteiger partial charge is 0.221 e. The molecule has 0 fully saturated rings. The van der Waals surface area contributed by atoms with Crippen molar-refractivity contribution in [1.29, 1.82) is 0 Å². The third-order valence-electron chi connectivity index (χ3n) is 2.66. The average Bonchev–Trinajstić information content (AvgIpc) is 2.71. The minimum absolute atomic E-state index is 0.287. The molecule has 2 aromatic heterocycles. The van der Waals surface area contributed by atoms with Crippen LogP contribution in [-0.2, 0) is 11.2 Å². The zero-order chi connectivity index (χ0) is 12.0. The number of carbonyl (C=O) groups is 1. The highest BCUT2D eigenvalue weighted by Crippen LogP contribution is 2.27. The summed E-state index contributed by atoms with van der Waals surface area (Å²) < 4.78 is 3.20. The average molecular weight is 245 g/mol. The van der Waals surface area contributed by atoms with Crippen molar-refractivity contribution >= 4 is 32.4 Å². The fourth-order valence-electron chi connectivity index (χ4n) is 1.97. The number of imidazole rings is 1. The Kier molecular flexibility index (Phi) is 2.16. The van der Waals surface area contributed by atoms with E-state index < -0.39 is 0 Å². The number of aromatic nitrogens is 2. The Hall–Kier alpha value is -1.88. The molecule has 17 heavy (non-hydrogen) atoms. The van der Waals surface area contributed by atoms with E-state index in [4.69, 9.17) is 5.73 Å². The molecule has 86 valence electrons. The molecule has 3 rings (SSSR count). The number of amides is 1. The van der Waals surface area contributed by atoms with Crippen molar-refractivity contribution in [3.05, 3.63) is 35.7 Å². The monoisotopic (exact) mass is 245 g/mol. The minimum Gasteiger partial charge on any atom is -0.369 e. The van der Waals surface area contributed by atoms with Crippen LogP contribution in [0.1, 0.15) is 11.3 Å². The van der Waals surface area contributed by atoms with Crippen molar-refractivity contribution in [2.24, 2.45) is 5.73 Å². The van der Waals surface area contributed by atoms with E-state index in [9.17, 15) is 4.79 Å². The quantitative estimate of drug-likeness (QED) is 0.749. The number of benzene rings is 1. The second-order valence-electron chi connectivity index (χ2n) is 4.08. The zero-order valence-electron chi connectivity index (χ0n) is 9.30. The summed E-state index contributed by atoms with van der Waals surface area (Å²) in [6, 6.07) is 5.96. The molecule has 0 aliphatic rings. The molecule has 0 unspecified atom stereocenters. The topological polar surface area (TPSA) is 60.4 Å². The fraction of sp³-hybridized carbons (Fsp3) is 0.167. The van der Waals surface area contributed by atoms with Gasteiger partial charge in [0.1, 0.15) is 0 Å². The summed E-state index contributed by atoms with van der Waals surface area (Å²) in [6.07, 6.45) is 2.30. The number of thiazole rings is 1. The molecule has 0 aliphatic carbocycles. The van der Waals surface area contributed by atoms with Gasteiger partial charge in [-0.15, -0.1) is 0 Å². The predicted octanol–water partition coefficient (Wildman–Crippen LogP) is 1.89. The molecule has 4 nitrogen and oxygen atoms in total. The largest absolute Gasteiger partial charge is 0.369 e. The van der Waals surface area contributed by atoms with E-state index in [1.54, 1.807) is 11.3 Å². The first-order valence-electron chi connectivity index (χ1n) is 5.29. The minimum atomic E-state index is -0.304. The molecule has 0 radical (unpaired) electrons. The Labute approximate surface area is 102 Å². The van der Waals surface area contributed by atoms with E-state index in [0.29, 0.717) is 0 Å². The van der Waals surface area contributed by atoms with Gasteiger partial charge in [0, 0.05) is 6.20 Å². The van der Waals surface area contributed by atoms with Gasteiger partial charge in [-0.2, -0.15) is 0 Å². The molecule has 0 atom stereocenters. The number of hydrogen-bond acceptors (Lipinski definition) is 3. The highest BCUT2D eigenvalue weighted by atomic mass is 32.1. The molecule has 2 heterocycles. The standard InChI is InChI=1S/C12H11N3OS/c1-7-6-15-9-3-2-8(5-11(13)16)4-10(9)17-12(15)14-7/h2-4,6H,5H2,1H3,(H2,13,16). The Balaban J connectivity index is 2.20. The first-order valence-corrected chi connectivity index (χ1v) is 6.10. The van der Waals surface area contributed by atoms with Gasteiger partial charge >= 0.3 is 0 Å². The zero-order valence-corrected chi connectivity index (χ0v) is 10.1. The van der Waals surface area contributed by atoms with Gasteiger partial charge in [-0.05, 0) is 24.6 Å². The van der Waals surface area contributed by atoms with Crippen molar-refractivity contribution in [2.75, 3.05) is 0 Å². The Bertz CT molecular complexity index is 726. The number of primary amides is 1. The number of aryl methyl sites for hydroxylation is 1. The van der Waals surface area contributed by atoms with Crippen LogP contribution < -0.4 is 5.73 Å². The highest BCUT2D eigenvalue weighted by molar-refractivity contribution is 7.23. The molecule has 0 bridgehead atoms. The molecule has 0 saturated heterocycles. The highest BCUT2D eigenvalue weighted by Gasteiger charge is 2.08. The molecule has 5 heteroatoms. The maximum atomic E-state index is 10.9. The number of fused-ring (bicyclic) bond motifs is 3. The molecule has 0 saturated carbocycles. The van der Waals surface area contributed by atoms with E-state index in [1.165, 1.54) is 0 Å². The van der Waals surface area contributed by atoms with Gasteiger partial charge in [-0.1, -0.05) is 17.4 Å². The van der Waals surface area contributed by atoms with Crippen molar-refractivity contribution in [3.8, 4) is 0 Å². The molecule has 0 spiro atoms. The summed E-state index contributed by atoms with van der Waals surface area (Å²) in [4.78, 5) is 16.3. The molecular weight excluding hydrogens is 234 g/mol. The normalized spacial score (nSPS) is 11.4. The summed E-state index contributed by atoms with van der Waals surface area (Å²) in [7, 11) is 0. The maximum absolute atomic E-state index is 10.9. The number of nitrogens with zero attached hydrogens (tertiary/aromatic N) is 2. The summed E-state index contributed by atoms with van der Waals surface area (Å²) in [5, 5.41) is 0. The Morgan fingerprint density at radius 1 is 1.53 bits per heavy atom. The lowest BCUT2D eigenvalue weighted by atomic mass is 10.1. The first-order chi connectivity index (χ1) is 8.13. The number of rotatable bonds is 2. The van der Waals surface area contributed by atoms with Crippen LogP contribution in [0.25, 0.3) is 15.2 Å². The summed E-state index contributed by atoms with van der Waals surface area (Å²) >= 11 is 1.62. The molecular formula is C12H11N3OS. The van der Waals surface area contributed by atoms with Gasteiger partial charge in [0.25, 0.3) is 0 Å². The van der Waals surface area contributed by atoms with E-state index in [2.05, 4.69) is 9.38 Å². The molecule has 0 aliphatic heterocycles. The second-order valence-corrected chi connectivity index (χ2v) is 5.09. The Morgan fingerprint density at radius 2 is 2.35 bits per heavy atom. The third kappa shape index (κ3) is 1.68. The van der Waals surface area contributed by atoms with Crippen molar-refractivity contribution < 1.29 is 4.79 Å². The predicted molar refractivity (Wildman–Crippen MR) is 68.2 cm³/mol. The summed E-state index contributed by atoms with van der Waals surface area (Å²) in [5.74, 6) is -0.304. The van der Waals surface area contributed by atoms with Crippen LogP contribution in [0.3, 0.4) is 0 Å². The molecule has 1 amide bonds. The molecule has 1 aromatic carbocycles. The second kappa shape index (κ2) is 3.56. The lowest BCUT2D eigenvalue weighted by Crippen LogP contribution is -2.13. The van der Waals surface area contributed by atoms with Gasteiger partial charge < -0.3 is 5.73 Å². The van der Waals surface area contributed by atoms with Crippen LogP contribution >= 0.6 is 11.3 Å². The van der Waals surface area contributed by atoms with Gasteiger partial charge in [0.05, 0.1) is 22.3 Å². The Morgan fingerprint density at radius 3 is 3.12 bits per heavy atom. The number of nitrogens with two attached hydrogens (primary N) is 1. The van der Waals surface area contributed by atoms with Crippen LogP contribution in [0, 0.1) is 6.92 Å².